The summed E-state index contributed by atoms with van der Waals surface area (Å²) >= 11 is 0. The Morgan fingerprint density at radius 2 is 2.03 bits per heavy atom. The molecule has 7 heteroatoms. The molecule has 2 amide bonds. The molecule has 1 spiro atoms. The Kier molecular flexibility index (Phi) is 4.12. The molecule has 1 atom stereocenters. The van der Waals surface area contributed by atoms with Crippen molar-refractivity contribution in [2.24, 2.45) is 5.41 Å². The van der Waals surface area contributed by atoms with Crippen molar-refractivity contribution in [1.82, 2.24) is 25.0 Å². The summed E-state index contributed by atoms with van der Waals surface area (Å²) in [5, 5.41) is 9.13. The third-order valence-electron chi connectivity index (χ3n) is 7.22. The maximum absolute atomic E-state index is 12.8. The summed E-state index contributed by atoms with van der Waals surface area (Å²) in [5.74, 6) is 0. The third kappa shape index (κ3) is 3.10. The van der Waals surface area contributed by atoms with Gasteiger partial charge in [-0.25, -0.2) is 4.79 Å². The van der Waals surface area contributed by atoms with Gasteiger partial charge in [0, 0.05) is 59.8 Å². The number of ether oxygens (including phenoxy) is 1. The van der Waals surface area contributed by atoms with Crippen LogP contribution in [0.25, 0.3) is 22.2 Å². The number of para-hydroxylation sites is 1. The van der Waals surface area contributed by atoms with Crippen LogP contribution in [-0.4, -0.2) is 58.5 Å². The van der Waals surface area contributed by atoms with E-state index in [-0.39, 0.29) is 16.9 Å². The van der Waals surface area contributed by atoms with Crippen molar-refractivity contribution in [3.8, 4) is 11.3 Å². The van der Waals surface area contributed by atoms with Crippen molar-refractivity contribution < 1.29 is 9.53 Å². The number of benzene rings is 1. The van der Waals surface area contributed by atoms with E-state index in [1.165, 1.54) is 5.69 Å². The number of aryl methyl sites for hydroxylation is 1. The number of nitrogens with zero attached hydrogens (tertiary/aromatic N) is 4. The van der Waals surface area contributed by atoms with Crippen LogP contribution in [0, 0.1) is 5.41 Å². The highest BCUT2D eigenvalue weighted by atomic mass is 16.5. The van der Waals surface area contributed by atoms with Gasteiger partial charge in [0.15, 0.2) is 0 Å². The van der Waals surface area contributed by atoms with E-state index in [0.29, 0.717) is 6.54 Å². The first kappa shape index (κ1) is 18.8. The molecule has 0 bridgehead atoms. The number of pyridine rings is 1. The molecule has 2 aromatic heterocycles. The van der Waals surface area contributed by atoms with E-state index in [2.05, 4.69) is 40.1 Å². The number of carbonyl (C=O) groups is 1. The van der Waals surface area contributed by atoms with E-state index in [0.717, 1.165) is 67.8 Å². The monoisotopic (exact) mass is 417 g/mol. The third-order valence-corrected chi connectivity index (χ3v) is 7.22. The fourth-order valence-corrected chi connectivity index (χ4v) is 5.23. The predicted molar refractivity (Wildman–Crippen MR) is 118 cm³/mol. The van der Waals surface area contributed by atoms with Crippen molar-refractivity contribution >= 4 is 16.9 Å². The normalized spacial score (nSPS) is 23.8. The van der Waals surface area contributed by atoms with E-state index < -0.39 is 0 Å². The summed E-state index contributed by atoms with van der Waals surface area (Å²) in [4.78, 5) is 19.4. The van der Waals surface area contributed by atoms with Crippen molar-refractivity contribution in [2.75, 3.05) is 32.8 Å². The SMILES string of the molecule is CC1(CNC(=O)N2CCC3(CCn4nc(-c5cnc6ccccc6c5)cc43)C2)COC1. The summed E-state index contributed by atoms with van der Waals surface area (Å²) < 4.78 is 7.43. The van der Waals surface area contributed by atoms with Gasteiger partial charge < -0.3 is 15.0 Å². The zero-order valence-corrected chi connectivity index (χ0v) is 17.8. The molecule has 2 fully saturated rings. The van der Waals surface area contributed by atoms with E-state index in [9.17, 15) is 4.79 Å². The number of likely N-dealkylation sites (tertiary alicyclic amines) is 1. The second-order valence-corrected chi connectivity index (χ2v) is 9.72. The van der Waals surface area contributed by atoms with Gasteiger partial charge in [0.2, 0.25) is 0 Å². The van der Waals surface area contributed by atoms with Gasteiger partial charge in [-0.2, -0.15) is 5.10 Å². The molecule has 1 unspecified atom stereocenters. The maximum atomic E-state index is 12.8. The van der Waals surface area contributed by atoms with Crippen LogP contribution < -0.4 is 5.32 Å². The lowest BCUT2D eigenvalue weighted by atomic mass is 9.82. The summed E-state index contributed by atoms with van der Waals surface area (Å²) in [6.07, 6.45) is 3.94. The maximum Gasteiger partial charge on any atom is 0.317 e. The number of hydrogen-bond donors (Lipinski definition) is 1. The Hall–Kier alpha value is -2.93. The molecule has 1 aromatic carbocycles. The van der Waals surface area contributed by atoms with Gasteiger partial charge in [0.1, 0.15) is 0 Å². The number of hydrogen-bond acceptors (Lipinski definition) is 4. The van der Waals surface area contributed by atoms with Crippen molar-refractivity contribution in [3.63, 3.8) is 0 Å². The average Bonchev–Trinajstić information content (AvgIpc) is 3.47. The van der Waals surface area contributed by atoms with Crippen LogP contribution in [0.5, 0.6) is 0 Å². The first-order valence-corrected chi connectivity index (χ1v) is 11.1. The van der Waals surface area contributed by atoms with Gasteiger partial charge in [-0.15, -0.1) is 0 Å². The Morgan fingerprint density at radius 3 is 2.87 bits per heavy atom. The molecule has 160 valence electrons. The molecule has 0 radical (unpaired) electrons. The van der Waals surface area contributed by atoms with Crippen LogP contribution in [0.2, 0.25) is 0 Å². The Labute approximate surface area is 181 Å². The highest BCUT2D eigenvalue weighted by Crippen LogP contribution is 2.43. The quantitative estimate of drug-likeness (QED) is 0.710. The number of fused-ring (bicyclic) bond motifs is 3. The van der Waals surface area contributed by atoms with Gasteiger partial charge >= 0.3 is 6.03 Å². The number of amides is 2. The van der Waals surface area contributed by atoms with Crippen LogP contribution in [-0.2, 0) is 16.7 Å². The first-order valence-electron chi connectivity index (χ1n) is 11.1. The van der Waals surface area contributed by atoms with Gasteiger partial charge in [0.05, 0.1) is 24.4 Å². The summed E-state index contributed by atoms with van der Waals surface area (Å²) in [6, 6.07) is 12.6. The van der Waals surface area contributed by atoms with Gasteiger partial charge in [0.25, 0.3) is 0 Å². The van der Waals surface area contributed by atoms with Crippen LogP contribution in [0.1, 0.15) is 25.5 Å². The van der Waals surface area contributed by atoms with E-state index in [1.54, 1.807) is 0 Å². The summed E-state index contributed by atoms with van der Waals surface area (Å²) in [6.45, 7) is 6.73. The molecular formula is C24H27N5O2. The number of aromatic nitrogens is 3. The molecule has 31 heavy (non-hydrogen) atoms. The Bertz CT molecular complexity index is 1170. The number of urea groups is 1. The molecule has 3 aromatic rings. The smallest absolute Gasteiger partial charge is 0.317 e. The number of carbonyl (C=O) groups excluding carboxylic acids is 1. The van der Waals surface area contributed by atoms with Crippen molar-refractivity contribution in [1.29, 1.82) is 0 Å². The fraction of sp³-hybridized carbons (Fsp3) is 0.458. The fourth-order valence-electron chi connectivity index (χ4n) is 5.23. The second kappa shape index (κ2) is 6.79. The van der Waals surface area contributed by atoms with E-state index in [1.807, 2.05) is 29.3 Å². The lowest BCUT2D eigenvalue weighted by Gasteiger charge is -2.38. The first-order chi connectivity index (χ1) is 15.0. The minimum Gasteiger partial charge on any atom is -0.380 e. The lowest BCUT2D eigenvalue weighted by Crippen LogP contribution is -2.51. The minimum atomic E-state index is 0.0103. The topological polar surface area (TPSA) is 72.3 Å². The minimum absolute atomic E-state index is 0.0103. The molecule has 7 nitrogen and oxygen atoms in total. The lowest BCUT2D eigenvalue weighted by molar-refractivity contribution is -0.0978. The van der Waals surface area contributed by atoms with Crippen LogP contribution in [0.3, 0.4) is 0 Å². The number of rotatable bonds is 3. The molecule has 0 saturated carbocycles. The highest BCUT2D eigenvalue weighted by Gasteiger charge is 2.47. The molecule has 3 aliphatic rings. The summed E-state index contributed by atoms with van der Waals surface area (Å²) in [7, 11) is 0. The van der Waals surface area contributed by atoms with Gasteiger partial charge in [-0.05, 0) is 31.0 Å². The van der Waals surface area contributed by atoms with Gasteiger partial charge in [-0.3, -0.25) is 9.67 Å². The van der Waals surface area contributed by atoms with E-state index >= 15 is 0 Å². The second-order valence-electron chi connectivity index (χ2n) is 9.72. The largest absolute Gasteiger partial charge is 0.380 e. The molecule has 2 saturated heterocycles. The van der Waals surface area contributed by atoms with Crippen molar-refractivity contribution in [2.45, 2.75) is 31.7 Å². The number of nitrogens with one attached hydrogen (secondary N) is 1. The van der Waals surface area contributed by atoms with Crippen LogP contribution in [0.4, 0.5) is 4.79 Å². The molecule has 0 aliphatic carbocycles. The highest BCUT2D eigenvalue weighted by molar-refractivity contribution is 5.82. The zero-order valence-electron chi connectivity index (χ0n) is 17.8. The molecule has 1 N–H and O–H groups in total. The molecule has 6 rings (SSSR count). The standard InChI is InChI=1S/C24H27N5O2/c1-23(15-31-16-23)13-26-22(30)28-8-6-24(14-28)7-9-29-21(24)11-20(27-29)18-10-17-4-2-3-5-19(17)25-12-18/h2-5,10-12H,6-9,13-16H2,1H3,(H,26,30). The molecular weight excluding hydrogens is 390 g/mol. The van der Waals surface area contributed by atoms with E-state index in [4.69, 9.17) is 9.84 Å². The summed E-state index contributed by atoms with van der Waals surface area (Å²) in [5.41, 5.74) is 4.35. The average molecular weight is 418 g/mol. The van der Waals surface area contributed by atoms with Crippen molar-refractivity contribution in [3.05, 3.63) is 48.3 Å². The molecule has 5 heterocycles. The molecule has 3 aliphatic heterocycles. The van der Waals surface area contributed by atoms with Crippen LogP contribution in [0.15, 0.2) is 42.6 Å². The van der Waals surface area contributed by atoms with Crippen LogP contribution >= 0.6 is 0 Å². The van der Waals surface area contributed by atoms with Gasteiger partial charge in [-0.1, -0.05) is 25.1 Å². The zero-order chi connectivity index (χ0) is 21.1. The Morgan fingerprint density at radius 1 is 1.19 bits per heavy atom. The Balaban J connectivity index is 1.21. The predicted octanol–water partition coefficient (Wildman–Crippen LogP) is 3.19.